The Morgan fingerprint density at radius 1 is 1.11 bits per heavy atom. The number of carbonyl (C=O) groups excluding carboxylic acids is 2. The predicted octanol–water partition coefficient (Wildman–Crippen LogP) is 0.854. The maximum Gasteiger partial charge on any atom is 0.336 e. The molecule has 7 nitrogen and oxygen atoms in total. The van der Waals surface area contributed by atoms with Gasteiger partial charge in [0.25, 0.3) is 0 Å². The molecule has 1 aromatic heterocycles. The van der Waals surface area contributed by atoms with Gasteiger partial charge in [-0.25, -0.2) is 14.4 Å². The van der Waals surface area contributed by atoms with E-state index < -0.39 is 17.6 Å². The standard InChI is InChI=1S/C20H20O7/c1-3-18(21)25-10-6-9-24-15-7-5-8-16-14(13-26-19(22)4-2)11-20(23)27-17(16)12-15/h3-4,7-8,11-12H,1-2,5-6,9-10,13H2. The summed E-state index contributed by atoms with van der Waals surface area (Å²) in [6.07, 6.45) is 8.49. The quantitative estimate of drug-likeness (QED) is 0.360. The predicted molar refractivity (Wildman–Crippen MR) is 97.6 cm³/mol. The van der Waals surface area contributed by atoms with Gasteiger partial charge in [0, 0.05) is 41.5 Å². The summed E-state index contributed by atoms with van der Waals surface area (Å²) >= 11 is 0. The van der Waals surface area contributed by atoms with Crippen molar-refractivity contribution in [3.8, 4) is 0 Å². The Labute approximate surface area is 155 Å². The summed E-state index contributed by atoms with van der Waals surface area (Å²) in [5, 5.41) is 0.668. The summed E-state index contributed by atoms with van der Waals surface area (Å²) in [4.78, 5) is 34.0. The van der Waals surface area contributed by atoms with E-state index in [9.17, 15) is 14.4 Å². The molecule has 1 heterocycles. The van der Waals surface area contributed by atoms with E-state index in [-0.39, 0.29) is 13.2 Å². The Morgan fingerprint density at radius 2 is 1.85 bits per heavy atom. The maximum atomic E-state index is 11.8. The van der Waals surface area contributed by atoms with Crippen molar-refractivity contribution < 1.29 is 28.2 Å². The monoisotopic (exact) mass is 372 g/mol. The van der Waals surface area contributed by atoms with Crippen LogP contribution < -0.4 is 16.3 Å². The van der Waals surface area contributed by atoms with Crippen molar-refractivity contribution in [2.24, 2.45) is 0 Å². The lowest BCUT2D eigenvalue weighted by Crippen LogP contribution is -2.33. The normalized spacial score (nSPS) is 12.2. The van der Waals surface area contributed by atoms with E-state index in [0.717, 1.165) is 12.2 Å². The fourth-order valence-corrected chi connectivity index (χ4v) is 2.30. The zero-order chi connectivity index (χ0) is 19.6. The minimum atomic E-state index is -0.575. The summed E-state index contributed by atoms with van der Waals surface area (Å²) in [6.45, 7) is 7.13. The highest BCUT2D eigenvalue weighted by Gasteiger charge is 2.08. The summed E-state index contributed by atoms with van der Waals surface area (Å²) in [5.41, 5.74) is 0.313. The summed E-state index contributed by atoms with van der Waals surface area (Å²) in [6, 6.07) is 1.29. The Balaban J connectivity index is 2.09. The highest BCUT2D eigenvalue weighted by atomic mass is 16.5. The molecule has 0 saturated heterocycles. The van der Waals surface area contributed by atoms with Crippen LogP contribution in [0.5, 0.6) is 0 Å². The van der Waals surface area contributed by atoms with Gasteiger partial charge in [0.1, 0.15) is 17.8 Å². The molecule has 0 amide bonds. The molecule has 0 spiro atoms. The summed E-state index contributed by atoms with van der Waals surface area (Å²) in [7, 11) is 0. The van der Waals surface area contributed by atoms with Crippen LogP contribution in [-0.4, -0.2) is 25.2 Å². The molecule has 142 valence electrons. The zero-order valence-electron chi connectivity index (χ0n) is 14.8. The van der Waals surface area contributed by atoms with Crippen molar-refractivity contribution in [2.75, 3.05) is 13.2 Å². The molecule has 2 rings (SSSR count). The zero-order valence-corrected chi connectivity index (χ0v) is 14.8. The molecule has 0 unspecified atom stereocenters. The Hall–Kier alpha value is -3.35. The number of rotatable bonds is 9. The van der Waals surface area contributed by atoms with Crippen molar-refractivity contribution in [2.45, 2.75) is 19.4 Å². The smallest absolute Gasteiger partial charge is 0.336 e. The molecule has 27 heavy (non-hydrogen) atoms. The van der Waals surface area contributed by atoms with Crippen LogP contribution in [0.3, 0.4) is 0 Å². The number of allylic oxidation sites excluding steroid dienone is 2. The second-order valence-electron chi connectivity index (χ2n) is 5.44. The largest absolute Gasteiger partial charge is 0.494 e. The Bertz CT molecular complexity index is 934. The van der Waals surface area contributed by atoms with Crippen LogP contribution in [0.4, 0.5) is 0 Å². The van der Waals surface area contributed by atoms with E-state index in [0.29, 0.717) is 41.4 Å². The minimum Gasteiger partial charge on any atom is -0.494 e. The topological polar surface area (TPSA) is 92.0 Å². The summed E-state index contributed by atoms with van der Waals surface area (Å²) in [5.74, 6) is -0.525. The molecule has 0 fully saturated rings. The maximum absolute atomic E-state index is 11.8. The first-order valence-corrected chi connectivity index (χ1v) is 8.29. The second kappa shape index (κ2) is 9.96. The molecule has 1 aliphatic rings. The average molecular weight is 372 g/mol. The van der Waals surface area contributed by atoms with Crippen LogP contribution >= 0.6 is 0 Å². The van der Waals surface area contributed by atoms with Crippen LogP contribution in [0.15, 0.2) is 52.4 Å². The van der Waals surface area contributed by atoms with Gasteiger partial charge in [-0.15, -0.1) is 0 Å². The Morgan fingerprint density at radius 3 is 2.59 bits per heavy atom. The highest BCUT2D eigenvalue weighted by Crippen LogP contribution is 2.05. The fraction of sp³-hybridized carbons (Fsp3) is 0.250. The van der Waals surface area contributed by atoms with Gasteiger partial charge in [-0.3, -0.25) is 0 Å². The summed E-state index contributed by atoms with van der Waals surface area (Å²) < 4.78 is 20.8. The highest BCUT2D eigenvalue weighted by molar-refractivity contribution is 5.81. The van der Waals surface area contributed by atoms with Crippen molar-refractivity contribution in [3.05, 3.63) is 69.8 Å². The number of carbonyl (C=O) groups is 2. The van der Waals surface area contributed by atoms with Crippen LogP contribution in [0.2, 0.25) is 0 Å². The molecule has 0 aliphatic heterocycles. The average Bonchev–Trinajstić information content (AvgIpc) is 2.87. The molecule has 0 N–H and O–H groups in total. The van der Waals surface area contributed by atoms with E-state index in [1.807, 2.05) is 12.2 Å². The van der Waals surface area contributed by atoms with E-state index in [2.05, 4.69) is 13.2 Å². The van der Waals surface area contributed by atoms with E-state index in [1.54, 1.807) is 6.08 Å². The van der Waals surface area contributed by atoms with Gasteiger partial charge in [-0.05, 0) is 12.5 Å². The molecular weight excluding hydrogens is 352 g/mol. The molecule has 0 radical (unpaired) electrons. The van der Waals surface area contributed by atoms with Crippen molar-refractivity contribution in [1.29, 1.82) is 0 Å². The lowest BCUT2D eigenvalue weighted by molar-refractivity contribution is -0.139. The molecule has 0 saturated carbocycles. The van der Waals surface area contributed by atoms with E-state index >= 15 is 0 Å². The molecule has 0 atom stereocenters. The lowest BCUT2D eigenvalue weighted by atomic mass is 10.2. The van der Waals surface area contributed by atoms with Crippen LogP contribution in [-0.2, 0) is 30.4 Å². The molecule has 1 aromatic rings. The van der Waals surface area contributed by atoms with Gasteiger partial charge in [0.05, 0.1) is 13.2 Å². The second-order valence-corrected chi connectivity index (χ2v) is 5.44. The minimum absolute atomic E-state index is 0.0615. The number of hydrogen-bond acceptors (Lipinski definition) is 7. The van der Waals surface area contributed by atoms with Crippen LogP contribution in [0, 0.1) is 0 Å². The number of esters is 2. The number of fused-ring (bicyclic) bond motifs is 1. The van der Waals surface area contributed by atoms with Gasteiger partial charge in [-0.1, -0.05) is 19.2 Å². The third kappa shape index (κ3) is 6.14. The number of hydrogen-bond donors (Lipinski definition) is 0. The van der Waals surface area contributed by atoms with Gasteiger partial charge in [0.15, 0.2) is 0 Å². The third-order valence-electron chi connectivity index (χ3n) is 3.53. The molecule has 0 bridgehead atoms. The van der Waals surface area contributed by atoms with Crippen molar-refractivity contribution in [1.82, 2.24) is 0 Å². The first-order chi connectivity index (χ1) is 13.0. The fourth-order valence-electron chi connectivity index (χ4n) is 2.30. The SMILES string of the molecule is C=CC(=O)OCCCOC1=CCC=c2c(COC(=O)C=C)cc(=O)oc2=C1. The Kier molecular flexibility index (Phi) is 7.37. The van der Waals surface area contributed by atoms with Gasteiger partial charge < -0.3 is 18.6 Å². The van der Waals surface area contributed by atoms with Gasteiger partial charge >= 0.3 is 17.6 Å². The van der Waals surface area contributed by atoms with E-state index in [1.165, 1.54) is 6.07 Å². The van der Waals surface area contributed by atoms with Crippen LogP contribution in [0.1, 0.15) is 18.4 Å². The molecule has 1 aliphatic carbocycles. The first-order valence-electron chi connectivity index (χ1n) is 8.29. The van der Waals surface area contributed by atoms with E-state index in [4.69, 9.17) is 18.6 Å². The van der Waals surface area contributed by atoms with Crippen molar-refractivity contribution >= 4 is 24.1 Å². The third-order valence-corrected chi connectivity index (χ3v) is 3.53. The first kappa shape index (κ1) is 20.0. The van der Waals surface area contributed by atoms with Gasteiger partial charge in [0.2, 0.25) is 0 Å². The van der Waals surface area contributed by atoms with Crippen LogP contribution in [0.25, 0.3) is 12.2 Å². The van der Waals surface area contributed by atoms with Gasteiger partial charge in [-0.2, -0.15) is 0 Å². The molecule has 7 heteroatoms. The van der Waals surface area contributed by atoms with Crippen molar-refractivity contribution in [3.63, 3.8) is 0 Å². The molecular formula is C20H20O7. The number of ether oxygens (including phenoxy) is 3. The lowest BCUT2D eigenvalue weighted by Gasteiger charge is -2.06. The molecule has 0 aromatic carbocycles.